The predicted octanol–water partition coefficient (Wildman–Crippen LogP) is 0.413. The lowest BCUT2D eigenvalue weighted by atomic mass is 9.96. The molecule has 17 atom stereocenters. The molecule has 0 bridgehead atoms. The highest BCUT2D eigenvalue weighted by Gasteiger charge is 2.53. The topological polar surface area (TPSA) is 307 Å². The number of aliphatic hydroxyl groups excluding tert-OH is 11. The zero-order valence-corrected chi connectivity index (χ0v) is 38.6. The molecule has 19 heteroatoms. The molecule has 0 radical (unpaired) electrons. The Morgan fingerprint density at radius 2 is 1.05 bits per heavy atom. The van der Waals surface area contributed by atoms with Crippen molar-refractivity contribution in [3.63, 3.8) is 0 Å². The summed E-state index contributed by atoms with van der Waals surface area (Å²) in [5, 5.41) is 119. The normalized spacial score (nSPS) is 34.2. The van der Waals surface area contributed by atoms with E-state index >= 15 is 0 Å². The van der Waals surface area contributed by atoms with Gasteiger partial charge in [0.05, 0.1) is 38.6 Å². The van der Waals surface area contributed by atoms with Crippen LogP contribution in [0.3, 0.4) is 0 Å². The molecule has 0 aromatic heterocycles. The van der Waals surface area contributed by atoms with Crippen LogP contribution in [0.1, 0.15) is 110 Å². The number of hydrogen-bond acceptors (Lipinski definition) is 18. The van der Waals surface area contributed by atoms with E-state index in [0.29, 0.717) is 6.42 Å². The number of allylic oxidation sites excluding steroid dienone is 7. The van der Waals surface area contributed by atoms with E-state index in [1.54, 1.807) is 6.08 Å². The molecule has 12 N–H and O–H groups in total. The van der Waals surface area contributed by atoms with E-state index in [1.807, 2.05) is 6.08 Å². The maximum atomic E-state index is 13.1. The van der Waals surface area contributed by atoms with E-state index in [1.165, 1.54) is 0 Å². The lowest BCUT2D eigenvalue weighted by Gasteiger charge is -2.48. The maximum absolute atomic E-state index is 13.1. The van der Waals surface area contributed by atoms with Crippen molar-refractivity contribution in [2.24, 2.45) is 0 Å². The van der Waals surface area contributed by atoms with Crippen LogP contribution in [0.5, 0.6) is 0 Å². The molecule has 19 nitrogen and oxygen atoms in total. The first-order chi connectivity index (χ1) is 31.8. The molecule has 0 spiro atoms. The lowest BCUT2D eigenvalue weighted by molar-refractivity contribution is -0.379. The average Bonchev–Trinajstić information content (AvgIpc) is 3.31. The number of ether oxygens (including phenoxy) is 6. The molecule has 382 valence electrons. The SMILES string of the molecule is CC/C=C\C/C=C\C/C=C\CCCCCCCC(=O)NC(COC1OC(CO)C(OC2OC(CO)C(OC3OC(CO)C(O)C(O)C3O)C(O)C2O)C(O)C1O)C(O)/C=C/CCCCCC. The van der Waals surface area contributed by atoms with Gasteiger partial charge in [0.2, 0.25) is 5.91 Å². The van der Waals surface area contributed by atoms with Crippen LogP contribution in [0, 0.1) is 0 Å². The van der Waals surface area contributed by atoms with Crippen molar-refractivity contribution in [2.75, 3.05) is 26.4 Å². The fourth-order valence-corrected chi connectivity index (χ4v) is 7.85. The molecular formula is C47H81NO18. The van der Waals surface area contributed by atoms with Gasteiger partial charge in [-0.15, -0.1) is 0 Å². The van der Waals surface area contributed by atoms with Crippen LogP contribution in [0.15, 0.2) is 48.6 Å². The molecule has 66 heavy (non-hydrogen) atoms. The van der Waals surface area contributed by atoms with Gasteiger partial charge in [0.1, 0.15) is 73.2 Å². The first-order valence-electron chi connectivity index (χ1n) is 23.9. The Morgan fingerprint density at radius 1 is 0.561 bits per heavy atom. The predicted molar refractivity (Wildman–Crippen MR) is 240 cm³/mol. The number of carbonyl (C=O) groups is 1. The molecule has 3 aliphatic rings. The summed E-state index contributed by atoms with van der Waals surface area (Å²) in [6.45, 7) is 1.44. The summed E-state index contributed by atoms with van der Waals surface area (Å²) in [5.41, 5.74) is 0. The van der Waals surface area contributed by atoms with Crippen molar-refractivity contribution in [2.45, 2.75) is 214 Å². The van der Waals surface area contributed by atoms with E-state index < -0.39 is 124 Å². The molecule has 3 saturated heterocycles. The number of unbranched alkanes of at least 4 members (excludes halogenated alkanes) is 9. The third-order valence-corrected chi connectivity index (χ3v) is 11.9. The van der Waals surface area contributed by atoms with Crippen LogP contribution in [-0.2, 0) is 33.2 Å². The molecule has 0 aliphatic carbocycles. The van der Waals surface area contributed by atoms with Gasteiger partial charge in [0.25, 0.3) is 0 Å². The molecule has 3 aliphatic heterocycles. The average molecular weight is 948 g/mol. The third-order valence-electron chi connectivity index (χ3n) is 11.9. The van der Waals surface area contributed by atoms with Crippen molar-refractivity contribution in [3.05, 3.63) is 48.6 Å². The summed E-state index contributed by atoms with van der Waals surface area (Å²) in [6.07, 6.45) is 3.17. The minimum Gasteiger partial charge on any atom is -0.394 e. The van der Waals surface area contributed by atoms with Crippen molar-refractivity contribution in [1.82, 2.24) is 5.32 Å². The van der Waals surface area contributed by atoms with Gasteiger partial charge in [0, 0.05) is 6.42 Å². The van der Waals surface area contributed by atoms with Gasteiger partial charge in [0.15, 0.2) is 18.9 Å². The fraction of sp³-hybridized carbons (Fsp3) is 0.809. The van der Waals surface area contributed by atoms with Crippen molar-refractivity contribution < 1.29 is 89.4 Å². The minimum atomic E-state index is -1.98. The summed E-state index contributed by atoms with van der Waals surface area (Å²) in [6, 6.07) is -0.978. The highest BCUT2D eigenvalue weighted by atomic mass is 16.8. The zero-order chi connectivity index (χ0) is 48.4. The largest absolute Gasteiger partial charge is 0.394 e. The first kappa shape index (κ1) is 58.1. The molecule has 17 unspecified atom stereocenters. The Labute approximate surface area is 389 Å². The second-order valence-electron chi connectivity index (χ2n) is 17.2. The molecule has 0 aromatic carbocycles. The monoisotopic (exact) mass is 948 g/mol. The van der Waals surface area contributed by atoms with Gasteiger partial charge < -0.3 is 89.9 Å². The van der Waals surface area contributed by atoms with E-state index in [4.69, 9.17) is 28.4 Å². The Balaban J connectivity index is 1.55. The van der Waals surface area contributed by atoms with E-state index in [-0.39, 0.29) is 18.9 Å². The Morgan fingerprint density at radius 3 is 1.64 bits per heavy atom. The molecule has 3 fully saturated rings. The number of carbonyl (C=O) groups excluding carboxylic acids is 1. The molecule has 3 heterocycles. The van der Waals surface area contributed by atoms with Gasteiger partial charge in [-0.3, -0.25) is 4.79 Å². The summed E-state index contributed by atoms with van der Waals surface area (Å²) < 4.78 is 33.9. The summed E-state index contributed by atoms with van der Waals surface area (Å²) in [4.78, 5) is 13.1. The van der Waals surface area contributed by atoms with Crippen LogP contribution in [0.2, 0.25) is 0 Å². The van der Waals surface area contributed by atoms with E-state index in [9.17, 15) is 61.0 Å². The molecule has 0 saturated carbocycles. The van der Waals surface area contributed by atoms with Gasteiger partial charge in [-0.05, 0) is 51.4 Å². The summed E-state index contributed by atoms with van der Waals surface area (Å²) in [7, 11) is 0. The highest BCUT2D eigenvalue weighted by molar-refractivity contribution is 5.76. The number of amides is 1. The number of nitrogens with one attached hydrogen (secondary N) is 1. The molecular weight excluding hydrogens is 867 g/mol. The van der Waals surface area contributed by atoms with Crippen LogP contribution in [0.25, 0.3) is 0 Å². The second kappa shape index (κ2) is 32.5. The molecule has 0 aromatic rings. The number of hydrogen-bond donors (Lipinski definition) is 12. The highest BCUT2D eigenvalue weighted by Crippen LogP contribution is 2.33. The molecule has 3 rings (SSSR count). The smallest absolute Gasteiger partial charge is 0.220 e. The summed E-state index contributed by atoms with van der Waals surface area (Å²) in [5.74, 6) is -0.303. The zero-order valence-electron chi connectivity index (χ0n) is 38.6. The van der Waals surface area contributed by atoms with Gasteiger partial charge in [-0.1, -0.05) is 101 Å². The van der Waals surface area contributed by atoms with E-state index in [0.717, 1.165) is 83.5 Å². The number of aliphatic hydroxyl groups is 11. The Hall–Kier alpha value is -2.25. The standard InChI is InChI=1S/C47H81NO18/c1-3-5-7-9-11-12-13-14-15-16-17-18-19-21-23-25-35(53)48-30(31(52)24-22-20-10-8-6-4-2)29-61-45-41(59)38(56)43(33(27-50)63-45)66-47-42(60)39(57)44(34(28-51)64-47)65-46-40(58)37(55)36(54)32(26-49)62-46/h5,7,11-12,14-15,22,24,30-34,36-47,49-52,54-60H,3-4,6,8-10,13,16-21,23,25-29H2,1-2H3,(H,48,53)/b7-5-,12-11-,15-14-,24-22+. The van der Waals surface area contributed by atoms with Gasteiger partial charge in [-0.2, -0.15) is 0 Å². The first-order valence-corrected chi connectivity index (χ1v) is 23.9. The van der Waals surface area contributed by atoms with Crippen molar-refractivity contribution in [3.8, 4) is 0 Å². The quantitative estimate of drug-likeness (QED) is 0.0331. The van der Waals surface area contributed by atoms with Gasteiger partial charge in [-0.25, -0.2) is 0 Å². The molecule has 1 amide bonds. The second-order valence-corrected chi connectivity index (χ2v) is 17.2. The van der Waals surface area contributed by atoms with Gasteiger partial charge >= 0.3 is 0 Å². The maximum Gasteiger partial charge on any atom is 0.220 e. The van der Waals surface area contributed by atoms with Crippen molar-refractivity contribution >= 4 is 5.91 Å². The summed E-state index contributed by atoms with van der Waals surface area (Å²) >= 11 is 0. The van der Waals surface area contributed by atoms with Crippen LogP contribution in [0.4, 0.5) is 0 Å². The van der Waals surface area contributed by atoms with Crippen molar-refractivity contribution in [1.29, 1.82) is 0 Å². The Kier molecular flexibility index (Phi) is 28.6. The Bertz CT molecular complexity index is 1410. The fourth-order valence-electron chi connectivity index (χ4n) is 7.85. The number of rotatable bonds is 31. The van der Waals surface area contributed by atoms with Crippen LogP contribution < -0.4 is 5.32 Å². The van der Waals surface area contributed by atoms with E-state index in [2.05, 4.69) is 55.6 Å². The third kappa shape index (κ3) is 18.9. The van der Waals surface area contributed by atoms with Crippen LogP contribution >= 0.6 is 0 Å². The van der Waals surface area contributed by atoms with Crippen LogP contribution in [-0.4, -0.2) is 193 Å². The minimum absolute atomic E-state index is 0.220. The lowest BCUT2D eigenvalue weighted by Crippen LogP contribution is -2.66.